The molecule has 2 aromatic rings. The van der Waals surface area contributed by atoms with Crippen molar-refractivity contribution in [3.8, 4) is 11.5 Å². The number of fused-ring (bicyclic) bond motifs is 2. The Bertz CT molecular complexity index is 873. The minimum atomic E-state index is -0.240. The van der Waals surface area contributed by atoms with E-state index < -0.39 is 0 Å². The van der Waals surface area contributed by atoms with Gasteiger partial charge in [0.1, 0.15) is 12.1 Å². The number of hydrogen-bond donors (Lipinski definition) is 0. The molecule has 5 rings (SSSR count). The lowest BCUT2D eigenvalue weighted by molar-refractivity contribution is -0.0768. The van der Waals surface area contributed by atoms with Crippen LogP contribution in [0.5, 0.6) is 11.5 Å². The molecule has 6 nitrogen and oxygen atoms in total. The molecule has 2 aliphatic heterocycles. The third-order valence-electron chi connectivity index (χ3n) is 6.41. The first-order valence-electron chi connectivity index (χ1n) is 10.2. The van der Waals surface area contributed by atoms with Crippen LogP contribution < -0.4 is 14.4 Å². The number of piperidine rings is 1. The predicted octanol–water partition coefficient (Wildman–Crippen LogP) is 3.44. The van der Waals surface area contributed by atoms with Crippen molar-refractivity contribution < 1.29 is 14.2 Å². The third kappa shape index (κ3) is 3.00. The summed E-state index contributed by atoms with van der Waals surface area (Å²) in [7, 11) is 3.38. The van der Waals surface area contributed by atoms with E-state index in [9.17, 15) is 0 Å². The van der Waals surface area contributed by atoms with Crippen LogP contribution in [0.3, 0.4) is 0 Å². The van der Waals surface area contributed by atoms with Gasteiger partial charge in [0.05, 0.1) is 26.4 Å². The van der Waals surface area contributed by atoms with Gasteiger partial charge in [0, 0.05) is 30.8 Å². The molecule has 0 bridgehead atoms. The first-order valence-corrected chi connectivity index (χ1v) is 10.2. The molecule has 0 atom stereocenters. The quantitative estimate of drug-likeness (QED) is 0.809. The van der Waals surface area contributed by atoms with E-state index in [2.05, 4.69) is 33.1 Å². The summed E-state index contributed by atoms with van der Waals surface area (Å²) in [6.07, 6.45) is 7.04. The SMILES string of the molecule is COc1cc2c(cc1OC)C1(CCN(c3cc(C4CC4)ncn3)CC1)OCC2. The maximum atomic E-state index is 6.41. The van der Waals surface area contributed by atoms with E-state index in [1.54, 1.807) is 20.5 Å². The lowest BCUT2D eigenvalue weighted by Gasteiger charge is -2.45. The predicted molar refractivity (Wildman–Crippen MR) is 106 cm³/mol. The Hall–Kier alpha value is -2.34. The number of benzene rings is 1. The third-order valence-corrected chi connectivity index (χ3v) is 6.41. The van der Waals surface area contributed by atoms with Crippen molar-refractivity contribution in [1.29, 1.82) is 0 Å². The van der Waals surface area contributed by atoms with Crippen molar-refractivity contribution in [3.05, 3.63) is 41.3 Å². The van der Waals surface area contributed by atoms with Crippen LogP contribution in [0.2, 0.25) is 0 Å². The first kappa shape index (κ1) is 17.7. The number of rotatable bonds is 4. The summed E-state index contributed by atoms with van der Waals surface area (Å²) in [6, 6.07) is 6.43. The second kappa shape index (κ2) is 6.92. The molecule has 1 aromatic heterocycles. The highest BCUT2D eigenvalue weighted by Gasteiger charge is 2.42. The number of aromatic nitrogens is 2. The molecular formula is C22H27N3O3. The summed E-state index contributed by atoms with van der Waals surface area (Å²) in [6.45, 7) is 2.60. The van der Waals surface area contributed by atoms with Gasteiger partial charge in [-0.1, -0.05) is 0 Å². The summed E-state index contributed by atoms with van der Waals surface area (Å²) < 4.78 is 17.5. The van der Waals surface area contributed by atoms with Gasteiger partial charge >= 0.3 is 0 Å². The molecule has 1 spiro atoms. The topological polar surface area (TPSA) is 56.7 Å². The molecule has 6 heteroatoms. The lowest BCUT2D eigenvalue weighted by Crippen LogP contribution is -2.47. The van der Waals surface area contributed by atoms with Crippen molar-refractivity contribution in [3.63, 3.8) is 0 Å². The lowest BCUT2D eigenvalue weighted by atomic mass is 9.79. The van der Waals surface area contributed by atoms with Gasteiger partial charge in [-0.2, -0.15) is 0 Å². The molecule has 28 heavy (non-hydrogen) atoms. The molecule has 1 saturated carbocycles. The standard InChI is InChI=1S/C22H27N3O3/c1-26-19-11-16-5-10-28-22(17(16)12-20(19)27-2)6-8-25(9-7-22)21-13-18(15-3-4-15)23-14-24-21/h11-15H,3-10H2,1-2H3. The van der Waals surface area contributed by atoms with Crippen LogP contribution >= 0.6 is 0 Å². The zero-order valence-electron chi connectivity index (χ0n) is 16.6. The number of ether oxygens (including phenoxy) is 3. The van der Waals surface area contributed by atoms with Crippen LogP contribution in [0, 0.1) is 0 Å². The average Bonchev–Trinajstić information content (AvgIpc) is 3.59. The summed E-state index contributed by atoms with van der Waals surface area (Å²) >= 11 is 0. The Kier molecular flexibility index (Phi) is 4.38. The Morgan fingerprint density at radius 3 is 2.50 bits per heavy atom. The van der Waals surface area contributed by atoms with Crippen molar-refractivity contribution in [2.45, 2.75) is 43.6 Å². The van der Waals surface area contributed by atoms with Gasteiger partial charge < -0.3 is 19.1 Å². The van der Waals surface area contributed by atoms with Gasteiger partial charge in [-0.15, -0.1) is 0 Å². The van der Waals surface area contributed by atoms with Crippen LogP contribution in [0.25, 0.3) is 0 Å². The monoisotopic (exact) mass is 381 g/mol. The van der Waals surface area contributed by atoms with Crippen molar-refractivity contribution >= 4 is 5.82 Å². The molecule has 0 radical (unpaired) electrons. The minimum Gasteiger partial charge on any atom is -0.493 e. The van der Waals surface area contributed by atoms with Gasteiger partial charge in [0.25, 0.3) is 0 Å². The highest BCUT2D eigenvalue weighted by Crippen LogP contribution is 2.46. The van der Waals surface area contributed by atoms with Gasteiger partial charge in [-0.3, -0.25) is 0 Å². The smallest absolute Gasteiger partial charge is 0.161 e. The summed E-state index contributed by atoms with van der Waals surface area (Å²) in [5.74, 6) is 3.27. The molecule has 0 N–H and O–H groups in total. The molecule has 0 amide bonds. The summed E-state index contributed by atoms with van der Waals surface area (Å²) in [5.41, 5.74) is 3.53. The van der Waals surface area contributed by atoms with Gasteiger partial charge in [0.2, 0.25) is 0 Å². The van der Waals surface area contributed by atoms with E-state index in [0.29, 0.717) is 5.92 Å². The Morgan fingerprint density at radius 1 is 1.04 bits per heavy atom. The largest absolute Gasteiger partial charge is 0.493 e. The molecular weight excluding hydrogens is 354 g/mol. The Morgan fingerprint density at radius 2 is 1.79 bits per heavy atom. The average molecular weight is 381 g/mol. The maximum absolute atomic E-state index is 6.41. The fraction of sp³-hybridized carbons (Fsp3) is 0.545. The van der Waals surface area contributed by atoms with E-state index >= 15 is 0 Å². The molecule has 1 saturated heterocycles. The summed E-state index contributed by atoms with van der Waals surface area (Å²) in [4.78, 5) is 11.4. The minimum absolute atomic E-state index is 0.240. The molecule has 3 aliphatic rings. The van der Waals surface area contributed by atoms with E-state index in [-0.39, 0.29) is 5.60 Å². The number of hydrogen-bond acceptors (Lipinski definition) is 6. The van der Waals surface area contributed by atoms with E-state index in [1.165, 1.54) is 29.7 Å². The van der Waals surface area contributed by atoms with Crippen LogP contribution in [-0.4, -0.2) is 43.9 Å². The van der Waals surface area contributed by atoms with Crippen molar-refractivity contribution in [1.82, 2.24) is 9.97 Å². The highest BCUT2D eigenvalue weighted by atomic mass is 16.5. The normalized spacial score (nSPS) is 20.7. The maximum Gasteiger partial charge on any atom is 0.161 e. The molecule has 1 aliphatic carbocycles. The van der Waals surface area contributed by atoms with Crippen LogP contribution in [0.4, 0.5) is 5.82 Å². The molecule has 0 unspecified atom stereocenters. The number of methoxy groups -OCH3 is 2. The van der Waals surface area contributed by atoms with Crippen LogP contribution in [0.1, 0.15) is 48.4 Å². The van der Waals surface area contributed by atoms with Crippen LogP contribution in [0.15, 0.2) is 24.5 Å². The molecule has 2 fully saturated rings. The molecule has 1 aromatic carbocycles. The second-order valence-corrected chi connectivity index (χ2v) is 8.02. The Labute approximate surface area is 165 Å². The van der Waals surface area contributed by atoms with E-state index in [1.807, 2.05) is 0 Å². The van der Waals surface area contributed by atoms with E-state index in [4.69, 9.17) is 14.2 Å². The number of nitrogens with zero attached hydrogens (tertiary/aromatic N) is 3. The fourth-order valence-electron chi connectivity index (χ4n) is 4.63. The second-order valence-electron chi connectivity index (χ2n) is 8.02. The van der Waals surface area contributed by atoms with Crippen molar-refractivity contribution in [2.75, 3.05) is 38.8 Å². The summed E-state index contributed by atoms with van der Waals surface area (Å²) in [5, 5.41) is 0. The zero-order valence-corrected chi connectivity index (χ0v) is 16.6. The molecule has 148 valence electrons. The van der Waals surface area contributed by atoms with Gasteiger partial charge in [0.15, 0.2) is 11.5 Å². The van der Waals surface area contributed by atoms with Crippen molar-refractivity contribution in [2.24, 2.45) is 0 Å². The number of anilines is 1. The van der Waals surface area contributed by atoms with Gasteiger partial charge in [-0.05, 0) is 55.4 Å². The fourth-order valence-corrected chi connectivity index (χ4v) is 4.63. The van der Waals surface area contributed by atoms with Crippen LogP contribution in [-0.2, 0) is 16.8 Å². The van der Waals surface area contributed by atoms with Gasteiger partial charge in [-0.25, -0.2) is 9.97 Å². The first-order chi connectivity index (χ1) is 13.7. The zero-order chi connectivity index (χ0) is 19.1. The highest BCUT2D eigenvalue weighted by molar-refractivity contribution is 5.51. The Balaban J connectivity index is 1.40. The molecule has 3 heterocycles. The van der Waals surface area contributed by atoms with E-state index in [0.717, 1.165) is 56.3 Å².